The van der Waals surface area contributed by atoms with Gasteiger partial charge in [0.05, 0.1) is 5.75 Å². The van der Waals surface area contributed by atoms with E-state index in [1.807, 2.05) is 48.9 Å². The van der Waals surface area contributed by atoms with Gasteiger partial charge in [0.2, 0.25) is 5.91 Å². The molecule has 1 N–H and O–H groups in total. The van der Waals surface area contributed by atoms with E-state index in [0.717, 1.165) is 39.9 Å². The summed E-state index contributed by atoms with van der Waals surface area (Å²) in [7, 11) is 1.89. The van der Waals surface area contributed by atoms with Gasteiger partial charge in [-0.2, -0.15) is 0 Å². The summed E-state index contributed by atoms with van der Waals surface area (Å²) in [6.45, 7) is 6.12. The van der Waals surface area contributed by atoms with Crippen LogP contribution in [0.2, 0.25) is 0 Å². The zero-order chi connectivity index (χ0) is 22.4. The summed E-state index contributed by atoms with van der Waals surface area (Å²) < 4.78 is 8.84. The number of anilines is 1. The predicted molar refractivity (Wildman–Crippen MR) is 129 cm³/mol. The van der Waals surface area contributed by atoms with Crippen molar-refractivity contribution in [1.82, 2.24) is 14.8 Å². The first-order valence-corrected chi connectivity index (χ1v) is 12.1. The van der Waals surface area contributed by atoms with E-state index in [1.165, 1.54) is 11.8 Å². The number of halogens is 1. The number of hydrogen-bond acceptors (Lipinski definition) is 5. The molecule has 1 aromatic heterocycles. The number of rotatable bonds is 9. The molecule has 2 aromatic carbocycles. The topological polar surface area (TPSA) is 69.0 Å². The minimum absolute atomic E-state index is 0.0516. The van der Waals surface area contributed by atoms with Gasteiger partial charge < -0.3 is 14.6 Å². The second-order valence-electron chi connectivity index (χ2n) is 7.11. The molecule has 3 rings (SSSR count). The number of amides is 1. The lowest BCUT2D eigenvalue weighted by Crippen LogP contribution is -2.17. The van der Waals surface area contributed by atoms with E-state index >= 15 is 0 Å². The summed E-state index contributed by atoms with van der Waals surface area (Å²) in [5.41, 5.74) is 3.24. The second kappa shape index (κ2) is 10.8. The van der Waals surface area contributed by atoms with Crippen molar-refractivity contribution in [2.24, 2.45) is 7.05 Å². The molecule has 8 heteroatoms. The first kappa shape index (κ1) is 23.3. The van der Waals surface area contributed by atoms with Crippen molar-refractivity contribution in [3.8, 4) is 5.75 Å². The van der Waals surface area contributed by atoms with Gasteiger partial charge in [-0.25, -0.2) is 0 Å². The first-order chi connectivity index (χ1) is 14.9. The summed E-state index contributed by atoms with van der Waals surface area (Å²) in [5.74, 6) is 1.67. The van der Waals surface area contributed by atoms with Crippen molar-refractivity contribution in [1.29, 1.82) is 0 Å². The number of benzene rings is 2. The van der Waals surface area contributed by atoms with E-state index < -0.39 is 0 Å². The molecule has 3 aromatic rings. The van der Waals surface area contributed by atoms with Crippen LogP contribution in [0.4, 0.5) is 5.69 Å². The Kier molecular flexibility index (Phi) is 8.15. The number of para-hydroxylation sites is 1. The van der Waals surface area contributed by atoms with Gasteiger partial charge in [-0.3, -0.25) is 4.79 Å². The Morgan fingerprint density at radius 2 is 1.77 bits per heavy atom. The minimum atomic E-state index is -0.273. The van der Waals surface area contributed by atoms with Gasteiger partial charge >= 0.3 is 0 Å². The van der Waals surface area contributed by atoms with Gasteiger partial charge in [0.25, 0.3) is 0 Å². The summed E-state index contributed by atoms with van der Waals surface area (Å²) in [6, 6.07) is 13.8. The number of nitrogens with zero attached hydrogens (tertiary/aromatic N) is 3. The molecule has 1 amide bonds. The number of ether oxygens (including phenoxy) is 1. The number of aryl methyl sites for hydroxylation is 2. The van der Waals surface area contributed by atoms with Crippen molar-refractivity contribution in [2.45, 2.75) is 44.9 Å². The number of thioether (sulfide) groups is 1. The molecule has 0 bridgehead atoms. The van der Waals surface area contributed by atoms with Crippen LogP contribution in [-0.4, -0.2) is 26.4 Å². The number of aromatic nitrogens is 3. The molecule has 1 atom stereocenters. The summed E-state index contributed by atoms with van der Waals surface area (Å²) in [5, 5.41) is 12.3. The van der Waals surface area contributed by atoms with Gasteiger partial charge in [0.15, 0.2) is 17.1 Å². The lowest BCUT2D eigenvalue weighted by atomic mass is 10.0. The third-order valence-corrected chi connectivity index (χ3v) is 6.50. The van der Waals surface area contributed by atoms with Gasteiger partial charge in [-0.05, 0) is 55.2 Å². The van der Waals surface area contributed by atoms with Crippen LogP contribution in [0.15, 0.2) is 52.1 Å². The molecule has 31 heavy (non-hydrogen) atoms. The van der Waals surface area contributed by atoms with Crippen LogP contribution in [0.5, 0.6) is 5.75 Å². The lowest BCUT2D eigenvalue weighted by molar-refractivity contribution is -0.113. The Balaban J connectivity index is 1.62. The summed E-state index contributed by atoms with van der Waals surface area (Å²) >= 11 is 4.78. The molecule has 1 heterocycles. The monoisotopic (exact) mass is 502 g/mol. The van der Waals surface area contributed by atoms with Crippen molar-refractivity contribution >= 4 is 39.3 Å². The van der Waals surface area contributed by atoms with Gasteiger partial charge in [-0.15, -0.1) is 10.2 Å². The van der Waals surface area contributed by atoms with Crippen molar-refractivity contribution in [3.05, 3.63) is 63.9 Å². The molecule has 164 valence electrons. The van der Waals surface area contributed by atoms with Crippen LogP contribution in [0, 0.1) is 0 Å². The van der Waals surface area contributed by atoms with E-state index in [2.05, 4.69) is 57.4 Å². The molecule has 0 saturated heterocycles. The van der Waals surface area contributed by atoms with Gasteiger partial charge in [-0.1, -0.05) is 59.7 Å². The largest absolute Gasteiger partial charge is 0.483 e. The Bertz CT molecular complexity index is 1010. The fourth-order valence-corrected chi connectivity index (χ4v) is 4.27. The van der Waals surface area contributed by atoms with Crippen LogP contribution in [0.3, 0.4) is 0 Å². The third kappa shape index (κ3) is 5.89. The zero-order valence-corrected chi connectivity index (χ0v) is 20.6. The molecule has 0 spiro atoms. The fourth-order valence-electron chi connectivity index (χ4n) is 3.28. The van der Waals surface area contributed by atoms with E-state index in [1.54, 1.807) is 0 Å². The molecule has 0 aliphatic heterocycles. The van der Waals surface area contributed by atoms with E-state index in [9.17, 15) is 4.79 Å². The number of carbonyl (C=O) groups is 1. The molecular weight excluding hydrogens is 476 g/mol. The van der Waals surface area contributed by atoms with E-state index in [4.69, 9.17) is 4.74 Å². The Morgan fingerprint density at radius 1 is 1.13 bits per heavy atom. The third-order valence-electron chi connectivity index (χ3n) is 4.95. The van der Waals surface area contributed by atoms with Crippen molar-refractivity contribution < 1.29 is 9.53 Å². The smallest absolute Gasteiger partial charge is 0.234 e. The van der Waals surface area contributed by atoms with E-state index in [0.29, 0.717) is 11.0 Å². The highest BCUT2D eigenvalue weighted by Gasteiger charge is 2.18. The highest BCUT2D eigenvalue weighted by Crippen LogP contribution is 2.26. The van der Waals surface area contributed by atoms with Crippen molar-refractivity contribution in [3.63, 3.8) is 0 Å². The molecule has 6 nitrogen and oxygen atoms in total. The standard InChI is InChI=1S/C23H27BrN4O2S/c1-5-16-8-7-9-17(6-2)21(16)25-20(29)14-31-23-27-26-22(28(23)4)15(3)30-19-12-10-18(24)11-13-19/h7-13,15H,5-6,14H2,1-4H3,(H,25,29). The fraction of sp³-hybridized carbons (Fsp3) is 0.348. The average Bonchev–Trinajstić information content (AvgIpc) is 3.14. The Labute approximate surface area is 195 Å². The van der Waals surface area contributed by atoms with Gasteiger partial charge in [0.1, 0.15) is 5.75 Å². The maximum atomic E-state index is 12.6. The lowest BCUT2D eigenvalue weighted by Gasteiger charge is -2.15. The summed E-state index contributed by atoms with van der Waals surface area (Å²) in [4.78, 5) is 12.6. The molecular formula is C23H27BrN4O2S. The highest BCUT2D eigenvalue weighted by molar-refractivity contribution is 9.10. The number of carbonyl (C=O) groups excluding carboxylic acids is 1. The molecule has 0 saturated carbocycles. The predicted octanol–water partition coefficient (Wildman–Crippen LogP) is 5.57. The van der Waals surface area contributed by atoms with Crippen LogP contribution in [0.25, 0.3) is 0 Å². The normalized spacial score (nSPS) is 11.9. The van der Waals surface area contributed by atoms with Crippen LogP contribution < -0.4 is 10.1 Å². The Morgan fingerprint density at radius 3 is 2.39 bits per heavy atom. The molecule has 1 unspecified atom stereocenters. The maximum Gasteiger partial charge on any atom is 0.234 e. The quantitative estimate of drug-likeness (QED) is 0.387. The van der Waals surface area contributed by atoms with Gasteiger partial charge in [0, 0.05) is 17.2 Å². The Hall–Kier alpha value is -2.32. The van der Waals surface area contributed by atoms with Crippen molar-refractivity contribution in [2.75, 3.05) is 11.1 Å². The van der Waals surface area contributed by atoms with Crippen LogP contribution >= 0.6 is 27.7 Å². The minimum Gasteiger partial charge on any atom is -0.483 e. The second-order valence-corrected chi connectivity index (χ2v) is 8.97. The first-order valence-electron chi connectivity index (χ1n) is 10.3. The highest BCUT2D eigenvalue weighted by atomic mass is 79.9. The van der Waals surface area contributed by atoms with Crippen LogP contribution in [0.1, 0.15) is 43.8 Å². The maximum absolute atomic E-state index is 12.6. The molecule has 0 fully saturated rings. The number of hydrogen-bond donors (Lipinski definition) is 1. The average molecular weight is 503 g/mol. The number of nitrogens with one attached hydrogen (secondary N) is 1. The van der Waals surface area contributed by atoms with Crippen LogP contribution in [-0.2, 0) is 24.7 Å². The molecule has 0 radical (unpaired) electrons. The molecule has 0 aliphatic rings. The summed E-state index contributed by atoms with van der Waals surface area (Å²) in [6.07, 6.45) is 1.48. The van der Waals surface area contributed by atoms with E-state index in [-0.39, 0.29) is 17.8 Å². The SMILES string of the molecule is CCc1cccc(CC)c1NC(=O)CSc1nnc(C(C)Oc2ccc(Br)cc2)n1C. The zero-order valence-electron chi connectivity index (χ0n) is 18.2. The molecule has 0 aliphatic carbocycles.